The van der Waals surface area contributed by atoms with Crippen molar-refractivity contribution in [3.05, 3.63) is 64.7 Å². The molecule has 2 rings (SSSR count). The van der Waals surface area contributed by atoms with E-state index in [1.165, 1.54) is 18.2 Å². The van der Waals surface area contributed by atoms with Gasteiger partial charge in [-0.3, -0.25) is 0 Å². The molecule has 0 aromatic heterocycles. The number of hydrogen-bond acceptors (Lipinski definition) is 4. The minimum Gasteiger partial charge on any atom is -0.323 e. The lowest BCUT2D eigenvalue weighted by atomic mass is 10.1. The van der Waals surface area contributed by atoms with Gasteiger partial charge in [0.15, 0.2) is 0 Å². The van der Waals surface area contributed by atoms with Crippen molar-refractivity contribution < 1.29 is 8.42 Å². The maximum Gasteiger partial charge on any atom is 0.240 e. The number of sulfonamides is 1. The fraction of sp³-hybridized carbons (Fsp3) is 0.133. The molecular weight excluding hydrogens is 322 g/mol. The van der Waals surface area contributed by atoms with Crippen molar-refractivity contribution in [2.75, 3.05) is 6.54 Å². The molecule has 0 aliphatic heterocycles. The highest BCUT2D eigenvalue weighted by molar-refractivity contribution is 7.89. The molecule has 3 N–H and O–H groups in total. The maximum atomic E-state index is 12.2. The summed E-state index contributed by atoms with van der Waals surface area (Å²) in [6, 6.07) is 14.6. The maximum absolute atomic E-state index is 12.2. The van der Waals surface area contributed by atoms with Gasteiger partial charge in [0, 0.05) is 12.6 Å². The average molecular weight is 336 g/mol. The summed E-state index contributed by atoms with van der Waals surface area (Å²) in [4.78, 5) is -0.00300. The van der Waals surface area contributed by atoms with E-state index in [2.05, 4.69) is 4.72 Å². The van der Waals surface area contributed by atoms with E-state index in [1.807, 2.05) is 36.4 Å². The standard InChI is InChI=1S/C15H14ClN3O2S/c16-14-8-13(7-6-12(14)9-17)22(20,21)19-10-15(18)11-4-2-1-3-5-11/h1-8,15,19H,10,18H2. The molecule has 22 heavy (non-hydrogen) atoms. The predicted octanol–water partition coefficient (Wildman–Crippen LogP) is 2.19. The molecule has 0 saturated carbocycles. The van der Waals surface area contributed by atoms with Gasteiger partial charge in [-0.2, -0.15) is 5.26 Å². The van der Waals surface area contributed by atoms with Crippen molar-refractivity contribution in [1.82, 2.24) is 4.72 Å². The molecule has 0 heterocycles. The molecule has 0 fully saturated rings. The Morgan fingerprint density at radius 1 is 1.23 bits per heavy atom. The average Bonchev–Trinajstić information content (AvgIpc) is 2.53. The highest BCUT2D eigenvalue weighted by Crippen LogP contribution is 2.20. The van der Waals surface area contributed by atoms with Gasteiger partial charge in [-0.1, -0.05) is 41.9 Å². The van der Waals surface area contributed by atoms with E-state index in [0.717, 1.165) is 5.56 Å². The minimum absolute atomic E-state index is 0.00300. The third kappa shape index (κ3) is 3.84. The highest BCUT2D eigenvalue weighted by atomic mass is 35.5. The molecule has 2 aromatic rings. The zero-order valence-corrected chi connectivity index (χ0v) is 13.1. The number of nitrogens with one attached hydrogen (secondary N) is 1. The third-order valence-electron chi connectivity index (χ3n) is 3.09. The van der Waals surface area contributed by atoms with E-state index in [1.54, 1.807) is 0 Å². The van der Waals surface area contributed by atoms with E-state index in [9.17, 15) is 8.42 Å². The van der Waals surface area contributed by atoms with Crippen LogP contribution in [0.2, 0.25) is 5.02 Å². The van der Waals surface area contributed by atoms with Crippen molar-refractivity contribution in [3.63, 3.8) is 0 Å². The summed E-state index contributed by atoms with van der Waals surface area (Å²) in [6.07, 6.45) is 0. The number of halogens is 1. The quantitative estimate of drug-likeness (QED) is 0.875. The number of nitrogens with two attached hydrogens (primary N) is 1. The second-order valence-corrected chi connectivity index (χ2v) is 6.80. The Kier molecular flexibility index (Phi) is 5.16. The van der Waals surface area contributed by atoms with Crippen molar-refractivity contribution in [2.24, 2.45) is 5.73 Å². The summed E-state index contributed by atoms with van der Waals surface area (Å²) in [7, 11) is -3.73. The van der Waals surface area contributed by atoms with Gasteiger partial charge in [0.2, 0.25) is 10.0 Å². The van der Waals surface area contributed by atoms with Gasteiger partial charge < -0.3 is 5.73 Å². The van der Waals surface area contributed by atoms with Crippen molar-refractivity contribution in [1.29, 1.82) is 5.26 Å². The van der Waals surface area contributed by atoms with Crippen molar-refractivity contribution in [2.45, 2.75) is 10.9 Å². The van der Waals surface area contributed by atoms with E-state index < -0.39 is 16.1 Å². The first-order valence-corrected chi connectivity index (χ1v) is 8.30. The van der Waals surface area contributed by atoms with Crippen molar-refractivity contribution in [3.8, 4) is 6.07 Å². The smallest absolute Gasteiger partial charge is 0.240 e. The summed E-state index contributed by atoms with van der Waals surface area (Å²) >= 11 is 5.85. The molecule has 1 unspecified atom stereocenters. The molecule has 0 spiro atoms. The molecule has 2 aromatic carbocycles. The van der Waals surface area contributed by atoms with Gasteiger partial charge in [0.05, 0.1) is 15.5 Å². The number of hydrogen-bond donors (Lipinski definition) is 2. The Labute approximate surface area is 134 Å². The monoisotopic (exact) mass is 335 g/mol. The molecule has 0 radical (unpaired) electrons. The molecule has 7 heteroatoms. The minimum atomic E-state index is -3.73. The molecule has 0 aliphatic rings. The summed E-state index contributed by atoms with van der Waals surface area (Å²) in [5, 5.41) is 8.89. The molecular formula is C15H14ClN3O2S. The summed E-state index contributed by atoms with van der Waals surface area (Å²) in [5.74, 6) is 0. The van der Waals surface area contributed by atoms with Crippen LogP contribution in [0.1, 0.15) is 17.2 Å². The highest BCUT2D eigenvalue weighted by Gasteiger charge is 2.17. The summed E-state index contributed by atoms with van der Waals surface area (Å²) in [5.41, 5.74) is 7.02. The fourth-order valence-corrected chi connectivity index (χ4v) is 3.23. The van der Waals surface area contributed by atoms with Crippen LogP contribution in [0, 0.1) is 11.3 Å². The Bertz CT molecular complexity index is 801. The SMILES string of the molecule is N#Cc1ccc(S(=O)(=O)NCC(N)c2ccccc2)cc1Cl. The van der Waals surface area contributed by atoms with Gasteiger partial charge >= 0.3 is 0 Å². The van der Waals surface area contributed by atoms with Crippen LogP contribution in [0.25, 0.3) is 0 Å². The van der Waals surface area contributed by atoms with Gasteiger partial charge in [-0.15, -0.1) is 0 Å². The zero-order chi connectivity index (χ0) is 16.2. The van der Waals surface area contributed by atoms with Gasteiger partial charge in [0.25, 0.3) is 0 Å². The first kappa shape index (κ1) is 16.5. The first-order chi connectivity index (χ1) is 10.4. The number of nitriles is 1. The number of nitrogens with zero attached hydrogens (tertiary/aromatic N) is 1. The second-order valence-electron chi connectivity index (χ2n) is 4.62. The van der Waals surface area contributed by atoms with Crippen LogP contribution < -0.4 is 10.5 Å². The lowest BCUT2D eigenvalue weighted by Crippen LogP contribution is -2.32. The molecule has 5 nitrogen and oxygen atoms in total. The van der Waals surface area contributed by atoms with E-state index >= 15 is 0 Å². The van der Waals surface area contributed by atoms with Crippen LogP contribution in [0.5, 0.6) is 0 Å². The second kappa shape index (κ2) is 6.90. The fourth-order valence-electron chi connectivity index (χ4n) is 1.85. The molecule has 114 valence electrons. The first-order valence-electron chi connectivity index (χ1n) is 6.44. The molecule has 0 amide bonds. The van der Waals surface area contributed by atoms with Crippen LogP contribution >= 0.6 is 11.6 Å². The van der Waals surface area contributed by atoms with Gasteiger partial charge in [-0.25, -0.2) is 13.1 Å². The third-order valence-corrected chi connectivity index (χ3v) is 4.83. The number of benzene rings is 2. The van der Waals surface area contributed by atoms with Crippen molar-refractivity contribution >= 4 is 21.6 Å². The van der Waals surface area contributed by atoms with Gasteiger partial charge in [-0.05, 0) is 23.8 Å². The Hall–Kier alpha value is -1.91. The summed E-state index contributed by atoms with van der Waals surface area (Å²) < 4.78 is 26.9. The molecule has 0 bridgehead atoms. The largest absolute Gasteiger partial charge is 0.323 e. The van der Waals surface area contributed by atoms with Crippen LogP contribution in [0.3, 0.4) is 0 Å². The molecule has 0 aliphatic carbocycles. The van der Waals surface area contributed by atoms with Crippen LogP contribution in [0.4, 0.5) is 0 Å². The summed E-state index contributed by atoms with van der Waals surface area (Å²) in [6.45, 7) is 0.0595. The Morgan fingerprint density at radius 2 is 1.91 bits per heavy atom. The zero-order valence-electron chi connectivity index (χ0n) is 11.5. The van der Waals surface area contributed by atoms with E-state index in [0.29, 0.717) is 0 Å². The number of rotatable bonds is 5. The topological polar surface area (TPSA) is 96.0 Å². The lowest BCUT2D eigenvalue weighted by Gasteiger charge is -2.13. The molecule has 1 atom stereocenters. The van der Waals surface area contributed by atoms with Crippen LogP contribution in [-0.4, -0.2) is 15.0 Å². The van der Waals surface area contributed by atoms with E-state index in [-0.39, 0.29) is 22.0 Å². The normalized spacial score (nSPS) is 12.6. The van der Waals surface area contributed by atoms with E-state index in [4.69, 9.17) is 22.6 Å². The van der Waals surface area contributed by atoms with Crippen LogP contribution in [-0.2, 0) is 10.0 Å². The molecule has 0 saturated heterocycles. The van der Waals surface area contributed by atoms with Crippen LogP contribution in [0.15, 0.2) is 53.4 Å². The van der Waals surface area contributed by atoms with Gasteiger partial charge in [0.1, 0.15) is 6.07 Å². The lowest BCUT2D eigenvalue weighted by molar-refractivity contribution is 0.572. The Morgan fingerprint density at radius 3 is 2.50 bits per heavy atom. The Balaban J connectivity index is 2.12. The predicted molar refractivity (Wildman–Crippen MR) is 84.7 cm³/mol.